The molecule has 0 aromatic carbocycles. The Hall–Kier alpha value is -0.340. The van der Waals surface area contributed by atoms with E-state index >= 15 is 0 Å². The summed E-state index contributed by atoms with van der Waals surface area (Å²) in [5, 5.41) is 0. The van der Waals surface area contributed by atoms with Crippen molar-refractivity contribution in [1.82, 2.24) is 0 Å². The third-order valence-electron chi connectivity index (χ3n) is 1.62. The van der Waals surface area contributed by atoms with Gasteiger partial charge in [0.05, 0.1) is 12.2 Å². The molecule has 10 heavy (non-hydrogen) atoms. The molecule has 0 radical (unpaired) electrons. The zero-order chi connectivity index (χ0) is 7.56. The smallest absolute Gasteiger partial charge is 0.155 e. The molecule has 0 aliphatic carbocycles. The van der Waals surface area contributed by atoms with Crippen molar-refractivity contribution in [1.29, 1.82) is 0 Å². The Kier molecular flexibility index (Phi) is 2.46. The molecular weight excluding hydrogens is 128 g/mol. The lowest BCUT2D eigenvalue weighted by molar-refractivity contribution is -0.217. The average Bonchev–Trinajstić information content (AvgIpc) is 1.85. The van der Waals surface area contributed by atoms with Gasteiger partial charge in [-0.1, -0.05) is 6.08 Å². The quantitative estimate of drug-likeness (QED) is 0.519. The van der Waals surface area contributed by atoms with E-state index in [4.69, 9.17) is 9.47 Å². The van der Waals surface area contributed by atoms with E-state index in [1.165, 1.54) is 0 Å². The Bertz CT molecular complexity index is 112. The topological polar surface area (TPSA) is 18.5 Å². The van der Waals surface area contributed by atoms with Gasteiger partial charge < -0.3 is 9.47 Å². The monoisotopic (exact) mass is 142 g/mol. The highest BCUT2D eigenvalue weighted by Gasteiger charge is 2.21. The molecule has 1 fully saturated rings. The molecule has 1 aliphatic rings. The maximum absolute atomic E-state index is 5.37. The third-order valence-corrected chi connectivity index (χ3v) is 1.62. The first-order valence-corrected chi connectivity index (χ1v) is 3.66. The van der Waals surface area contributed by atoms with E-state index in [-0.39, 0.29) is 12.4 Å². The van der Waals surface area contributed by atoms with Crippen molar-refractivity contribution in [3.8, 4) is 0 Å². The Morgan fingerprint density at radius 3 is 2.60 bits per heavy atom. The largest absolute Gasteiger partial charge is 0.350 e. The van der Waals surface area contributed by atoms with Crippen LogP contribution in [0.3, 0.4) is 0 Å². The first-order valence-electron chi connectivity index (χ1n) is 3.66. The Balaban J connectivity index is 2.42. The van der Waals surface area contributed by atoms with Crippen LogP contribution in [0.4, 0.5) is 0 Å². The molecule has 0 unspecified atom stereocenters. The molecule has 1 aliphatic heterocycles. The van der Waals surface area contributed by atoms with Crippen LogP contribution in [0, 0.1) is 0 Å². The minimum Gasteiger partial charge on any atom is -0.350 e. The fourth-order valence-electron chi connectivity index (χ4n) is 1.20. The molecule has 0 N–H and O–H groups in total. The summed E-state index contributed by atoms with van der Waals surface area (Å²) in [6, 6.07) is 0. The van der Waals surface area contributed by atoms with E-state index in [9.17, 15) is 0 Å². The Morgan fingerprint density at radius 2 is 2.10 bits per heavy atom. The van der Waals surface area contributed by atoms with Crippen LogP contribution >= 0.6 is 0 Å². The standard InChI is InChI=1S/C8H14O2/c1-4-8-5-6(2)9-7(3)10-8/h4,6-8H,1,5H2,2-3H3/t6-,7-,8-/m1/s1. The first-order chi connectivity index (χ1) is 4.72. The van der Waals surface area contributed by atoms with E-state index in [1.807, 2.05) is 13.0 Å². The molecular formula is C8H14O2. The number of hydrogen-bond donors (Lipinski definition) is 0. The van der Waals surface area contributed by atoms with Crippen LogP contribution in [0.2, 0.25) is 0 Å². The van der Waals surface area contributed by atoms with Gasteiger partial charge in [-0.05, 0) is 13.8 Å². The SMILES string of the molecule is C=C[C@@H]1C[C@@H](C)O[C@@H](C)O1. The fourth-order valence-corrected chi connectivity index (χ4v) is 1.20. The summed E-state index contributed by atoms with van der Waals surface area (Å²) in [6.45, 7) is 7.63. The maximum Gasteiger partial charge on any atom is 0.155 e. The van der Waals surface area contributed by atoms with Gasteiger partial charge in [-0.15, -0.1) is 6.58 Å². The Labute approximate surface area is 61.8 Å². The van der Waals surface area contributed by atoms with Gasteiger partial charge in [0.1, 0.15) is 0 Å². The summed E-state index contributed by atoms with van der Waals surface area (Å²) in [5.74, 6) is 0. The number of rotatable bonds is 1. The third kappa shape index (κ3) is 1.82. The van der Waals surface area contributed by atoms with Crippen molar-refractivity contribution in [2.45, 2.75) is 38.8 Å². The lowest BCUT2D eigenvalue weighted by Crippen LogP contribution is -2.33. The summed E-state index contributed by atoms with van der Waals surface area (Å²) >= 11 is 0. The molecule has 0 aromatic heterocycles. The minimum absolute atomic E-state index is 0.0771. The molecule has 0 aromatic rings. The predicted molar refractivity (Wildman–Crippen MR) is 39.7 cm³/mol. The van der Waals surface area contributed by atoms with Crippen molar-refractivity contribution in [2.24, 2.45) is 0 Å². The predicted octanol–water partition coefficient (Wildman–Crippen LogP) is 1.71. The molecule has 0 saturated carbocycles. The molecule has 3 atom stereocenters. The van der Waals surface area contributed by atoms with Crippen LogP contribution in [0.15, 0.2) is 12.7 Å². The van der Waals surface area contributed by atoms with Gasteiger partial charge >= 0.3 is 0 Å². The zero-order valence-electron chi connectivity index (χ0n) is 6.54. The van der Waals surface area contributed by atoms with Crippen LogP contribution in [-0.2, 0) is 9.47 Å². The highest BCUT2D eigenvalue weighted by molar-refractivity contribution is 4.83. The van der Waals surface area contributed by atoms with Crippen LogP contribution in [0.25, 0.3) is 0 Å². The molecule has 2 heteroatoms. The lowest BCUT2D eigenvalue weighted by Gasteiger charge is -2.30. The van der Waals surface area contributed by atoms with Gasteiger partial charge in [0, 0.05) is 6.42 Å². The van der Waals surface area contributed by atoms with Gasteiger partial charge in [-0.25, -0.2) is 0 Å². The van der Waals surface area contributed by atoms with Crippen LogP contribution in [-0.4, -0.2) is 18.5 Å². The second-order valence-electron chi connectivity index (χ2n) is 2.66. The van der Waals surface area contributed by atoms with Gasteiger partial charge in [-0.2, -0.15) is 0 Å². The molecule has 0 amide bonds. The van der Waals surface area contributed by atoms with Crippen molar-refractivity contribution in [2.75, 3.05) is 0 Å². The van der Waals surface area contributed by atoms with Gasteiger partial charge in [0.2, 0.25) is 0 Å². The molecule has 1 rings (SSSR count). The molecule has 1 heterocycles. The second-order valence-corrected chi connectivity index (χ2v) is 2.66. The molecule has 2 nitrogen and oxygen atoms in total. The van der Waals surface area contributed by atoms with Crippen LogP contribution in [0.1, 0.15) is 20.3 Å². The zero-order valence-corrected chi connectivity index (χ0v) is 6.54. The summed E-state index contributed by atoms with van der Waals surface area (Å²) in [5.41, 5.74) is 0. The fraction of sp³-hybridized carbons (Fsp3) is 0.750. The second kappa shape index (κ2) is 3.17. The van der Waals surface area contributed by atoms with Gasteiger partial charge in [-0.3, -0.25) is 0 Å². The minimum atomic E-state index is -0.0771. The van der Waals surface area contributed by atoms with Crippen molar-refractivity contribution in [3.05, 3.63) is 12.7 Å². The van der Waals surface area contributed by atoms with Crippen LogP contribution in [0.5, 0.6) is 0 Å². The highest BCUT2D eigenvalue weighted by Crippen LogP contribution is 2.17. The molecule has 0 spiro atoms. The number of ether oxygens (including phenoxy) is 2. The van der Waals surface area contributed by atoms with E-state index in [0.29, 0.717) is 6.10 Å². The van der Waals surface area contributed by atoms with Gasteiger partial charge in [0.15, 0.2) is 6.29 Å². The summed E-state index contributed by atoms with van der Waals surface area (Å²) < 4.78 is 10.7. The van der Waals surface area contributed by atoms with E-state index in [0.717, 1.165) is 6.42 Å². The van der Waals surface area contributed by atoms with Crippen molar-refractivity contribution >= 4 is 0 Å². The Morgan fingerprint density at radius 1 is 1.40 bits per heavy atom. The summed E-state index contributed by atoms with van der Waals surface area (Å²) in [4.78, 5) is 0. The first kappa shape index (κ1) is 7.76. The van der Waals surface area contributed by atoms with E-state index < -0.39 is 0 Å². The van der Waals surface area contributed by atoms with E-state index in [2.05, 4.69) is 13.5 Å². The average molecular weight is 142 g/mol. The molecule has 0 bridgehead atoms. The number of hydrogen-bond acceptors (Lipinski definition) is 2. The molecule has 1 saturated heterocycles. The van der Waals surface area contributed by atoms with Crippen molar-refractivity contribution < 1.29 is 9.47 Å². The van der Waals surface area contributed by atoms with E-state index in [1.54, 1.807) is 0 Å². The normalized spacial score (nSPS) is 41.2. The lowest BCUT2D eigenvalue weighted by atomic mass is 10.1. The van der Waals surface area contributed by atoms with Gasteiger partial charge in [0.25, 0.3) is 0 Å². The van der Waals surface area contributed by atoms with Crippen molar-refractivity contribution in [3.63, 3.8) is 0 Å². The molecule has 58 valence electrons. The maximum atomic E-state index is 5.37. The highest BCUT2D eigenvalue weighted by atomic mass is 16.7. The summed E-state index contributed by atoms with van der Waals surface area (Å²) in [7, 11) is 0. The van der Waals surface area contributed by atoms with Crippen LogP contribution < -0.4 is 0 Å². The summed E-state index contributed by atoms with van der Waals surface area (Å²) in [6.07, 6.45) is 3.15.